The van der Waals surface area contributed by atoms with Crippen molar-refractivity contribution >= 4 is 46.4 Å². The maximum atomic E-state index is 6.37. The smallest absolute Gasteiger partial charge is 0.102 e. The first-order chi connectivity index (χ1) is 12.0. The molecule has 0 amide bonds. The first-order valence-corrected chi connectivity index (χ1v) is 9.00. The van der Waals surface area contributed by atoms with Crippen molar-refractivity contribution in [2.75, 3.05) is 0 Å². The zero-order chi connectivity index (χ0) is 17.8. The summed E-state index contributed by atoms with van der Waals surface area (Å²) in [6.45, 7) is 0.890. The summed E-state index contributed by atoms with van der Waals surface area (Å²) < 4.78 is 8.05. The van der Waals surface area contributed by atoms with E-state index in [1.54, 1.807) is 36.8 Å². The maximum absolute atomic E-state index is 6.37. The number of aromatic nitrogens is 2. The van der Waals surface area contributed by atoms with Crippen molar-refractivity contribution in [3.05, 3.63) is 86.3 Å². The minimum atomic E-state index is -0.286. The van der Waals surface area contributed by atoms with Crippen molar-refractivity contribution in [3.63, 3.8) is 0 Å². The fraction of sp³-hybridized carbons (Fsp3) is 0.167. The van der Waals surface area contributed by atoms with Crippen LogP contribution in [0.15, 0.2) is 55.1 Å². The minimum Gasteiger partial charge on any atom is -1.00 e. The third-order valence-corrected chi connectivity index (χ3v) is 4.85. The third kappa shape index (κ3) is 5.62. The Morgan fingerprint density at radius 3 is 2.27 bits per heavy atom. The van der Waals surface area contributed by atoms with Gasteiger partial charge < -0.3 is 26.3 Å². The highest BCUT2D eigenvalue weighted by Crippen LogP contribution is 2.31. The van der Waals surface area contributed by atoms with E-state index in [9.17, 15) is 0 Å². The summed E-state index contributed by atoms with van der Waals surface area (Å²) in [6, 6.07) is 10.7. The van der Waals surface area contributed by atoms with Crippen molar-refractivity contribution in [1.29, 1.82) is 0 Å². The molecule has 138 valence electrons. The first-order valence-electron chi connectivity index (χ1n) is 7.49. The van der Waals surface area contributed by atoms with Gasteiger partial charge in [-0.15, -0.1) is 0 Å². The molecule has 3 nitrogen and oxygen atoms in total. The van der Waals surface area contributed by atoms with Crippen LogP contribution < -0.4 is 17.0 Å². The van der Waals surface area contributed by atoms with E-state index in [2.05, 4.69) is 4.98 Å². The molecule has 2 aromatic carbocycles. The second-order valence-electron chi connectivity index (χ2n) is 5.46. The summed E-state index contributed by atoms with van der Waals surface area (Å²) in [5, 5.41) is 2.29. The van der Waals surface area contributed by atoms with E-state index in [1.165, 1.54) is 0 Å². The number of imidazole rings is 1. The highest BCUT2D eigenvalue weighted by atomic mass is 79.9. The number of nitrogens with zero attached hydrogens (tertiary/aromatic N) is 2. The van der Waals surface area contributed by atoms with E-state index in [0.717, 1.165) is 11.1 Å². The van der Waals surface area contributed by atoms with Crippen LogP contribution in [-0.2, 0) is 17.9 Å². The lowest BCUT2D eigenvalue weighted by atomic mass is 10.1. The molecule has 1 atom stereocenters. The van der Waals surface area contributed by atoms with Crippen LogP contribution >= 0.6 is 46.4 Å². The van der Waals surface area contributed by atoms with E-state index in [0.29, 0.717) is 33.2 Å². The summed E-state index contributed by atoms with van der Waals surface area (Å²) in [5.74, 6) is 0. The van der Waals surface area contributed by atoms with Crippen molar-refractivity contribution in [3.8, 4) is 0 Å². The molecule has 26 heavy (non-hydrogen) atoms. The van der Waals surface area contributed by atoms with Crippen LogP contribution in [0, 0.1) is 0 Å². The number of rotatable bonds is 6. The topological polar surface area (TPSA) is 27.1 Å². The Hall–Kier alpha value is -0.750. The summed E-state index contributed by atoms with van der Waals surface area (Å²) in [6.07, 6.45) is 5.03. The van der Waals surface area contributed by atoms with Gasteiger partial charge in [-0.05, 0) is 29.8 Å². The highest BCUT2D eigenvalue weighted by Gasteiger charge is 2.17. The quantitative estimate of drug-likeness (QED) is 0.523. The van der Waals surface area contributed by atoms with Gasteiger partial charge in [0.1, 0.15) is 6.10 Å². The Morgan fingerprint density at radius 1 is 0.962 bits per heavy atom. The number of hydrogen-bond donors (Lipinski definition) is 0. The van der Waals surface area contributed by atoms with E-state index in [1.807, 2.05) is 22.9 Å². The largest absolute Gasteiger partial charge is 1.00 e. The molecule has 0 N–H and O–H groups in total. The van der Waals surface area contributed by atoms with Gasteiger partial charge in [-0.3, -0.25) is 0 Å². The zero-order valence-electron chi connectivity index (χ0n) is 13.4. The predicted molar refractivity (Wildman–Crippen MR) is 103 cm³/mol. The number of ether oxygens (including phenoxy) is 1. The Morgan fingerprint density at radius 2 is 1.65 bits per heavy atom. The summed E-state index contributed by atoms with van der Waals surface area (Å²) in [7, 11) is 0. The molecule has 3 aromatic rings. The minimum absolute atomic E-state index is 0. The molecule has 0 bridgehead atoms. The van der Waals surface area contributed by atoms with Crippen LogP contribution in [0.25, 0.3) is 0 Å². The summed E-state index contributed by atoms with van der Waals surface area (Å²) in [5.41, 5.74) is 1.71. The molecule has 0 aliphatic heterocycles. The SMILES string of the molecule is Clc1ccc(COC(Cn2ccnc2)c2ccc(Cl)cc2Cl)c(Cl)c1.[Br-]. The van der Waals surface area contributed by atoms with Gasteiger partial charge in [0.15, 0.2) is 0 Å². The number of halogens is 5. The second kappa shape index (κ2) is 9.98. The van der Waals surface area contributed by atoms with Crippen LogP contribution in [0.5, 0.6) is 0 Å². The average molecular weight is 496 g/mol. The van der Waals surface area contributed by atoms with Gasteiger partial charge in [-0.25, -0.2) is 4.98 Å². The maximum Gasteiger partial charge on any atom is 0.102 e. The molecule has 1 heterocycles. The van der Waals surface area contributed by atoms with Crippen LogP contribution in [-0.4, -0.2) is 9.55 Å². The van der Waals surface area contributed by atoms with Crippen LogP contribution in [0.3, 0.4) is 0 Å². The van der Waals surface area contributed by atoms with Gasteiger partial charge in [0.05, 0.1) is 19.5 Å². The van der Waals surface area contributed by atoms with Gasteiger partial charge in [0.2, 0.25) is 0 Å². The van der Waals surface area contributed by atoms with Gasteiger partial charge in [-0.1, -0.05) is 58.5 Å². The van der Waals surface area contributed by atoms with Crippen molar-refractivity contribution in [2.45, 2.75) is 19.3 Å². The molecule has 0 saturated heterocycles. The van der Waals surface area contributed by atoms with Crippen molar-refractivity contribution < 1.29 is 21.7 Å². The fourth-order valence-electron chi connectivity index (χ4n) is 2.42. The molecule has 0 spiro atoms. The lowest BCUT2D eigenvalue weighted by Gasteiger charge is -2.21. The van der Waals surface area contributed by atoms with E-state index in [4.69, 9.17) is 51.1 Å². The molecule has 1 unspecified atom stereocenters. The molecule has 8 heteroatoms. The molecule has 0 saturated carbocycles. The fourth-order valence-corrected chi connectivity index (χ4v) is 3.41. The van der Waals surface area contributed by atoms with Crippen LogP contribution in [0.2, 0.25) is 20.1 Å². The summed E-state index contributed by atoms with van der Waals surface area (Å²) in [4.78, 5) is 4.07. The van der Waals surface area contributed by atoms with Gasteiger partial charge in [0, 0.05) is 38.0 Å². The van der Waals surface area contributed by atoms with E-state index in [-0.39, 0.29) is 23.1 Å². The average Bonchev–Trinajstić information content (AvgIpc) is 3.06. The molecule has 0 aliphatic rings. The summed E-state index contributed by atoms with van der Waals surface area (Å²) >= 11 is 24.5. The number of benzene rings is 2. The normalized spacial score (nSPS) is 11.8. The molecule has 0 radical (unpaired) electrons. The van der Waals surface area contributed by atoms with Crippen LogP contribution in [0.1, 0.15) is 17.2 Å². The Balaban J connectivity index is 0.00000243. The lowest BCUT2D eigenvalue weighted by molar-refractivity contribution is -0.00000746. The Bertz CT molecular complexity index is 858. The molecule has 0 aliphatic carbocycles. The second-order valence-corrected chi connectivity index (χ2v) is 7.15. The predicted octanol–water partition coefficient (Wildman–Crippen LogP) is 3.46. The van der Waals surface area contributed by atoms with Crippen LogP contribution in [0.4, 0.5) is 0 Å². The zero-order valence-corrected chi connectivity index (χ0v) is 18.0. The lowest BCUT2D eigenvalue weighted by Crippen LogP contribution is -3.00. The van der Waals surface area contributed by atoms with Gasteiger partial charge in [0.25, 0.3) is 0 Å². The monoisotopic (exact) mass is 493 g/mol. The molecule has 3 rings (SSSR count). The molecule has 1 aromatic heterocycles. The van der Waals surface area contributed by atoms with E-state index >= 15 is 0 Å². The first kappa shape index (κ1) is 21.5. The molecule has 0 fully saturated rings. The highest BCUT2D eigenvalue weighted by molar-refractivity contribution is 6.35. The molecular formula is C18H14BrCl4N2O-. The van der Waals surface area contributed by atoms with Crippen molar-refractivity contribution in [1.82, 2.24) is 9.55 Å². The van der Waals surface area contributed by atoms with Crippen molar-refractivity contribution in [2.24, 2.45) is 0 Å². The molecular weight excluding hydrogens is 482 g/mol. The number of hydrogen-bond acceptors (Lipinski definition) is 2. The van der Waals surface area contributed by atoms with Gasteiger partial charge >= 0.3 is 0 Å². The standard InChI is InChI=1S/C18H14Cl4N2O.BrH/c19-13-2-1-12(16(21)7-13)10-25-18(9-24-6-5-23-11-24)15-4-3-14(20)8-17(15)22;/h1-8,11,18H,9-10H2;1H/p-1. The van der Waals surface area contributed by atoms with E-state index < -0.39 is 0 Å². The van der Waals surface area contributed by atoms with Gasteiger partial charge in [-0.2, -0.15) is 0 Å². The Kier molecular flexibility index (Phi) is 8.27. The Labute approximate surface area is 182 Å². The third-order valence-electron chi connectivity index (χ3n) is 3.70.